The Labute approximate surface area is 194 Å². The van der Waals surface area contributed by atoms with Crippen LogP contribution in [0.3, 0.4) is 0 Å². The van der Waals surface area contributed by atoms with E-state index in [1.807, 2.05) is 11.0 Å². The van der Waals surface area contributed by atoms with E-state index < -0.39 is 34.5 Å². The number of rotatable bonds is 9. The zero-order valence-corrected chi connectivity index (χ0v) is 18.9. The van der Waals surface area contributed by atoms with Crippen LogP contribution in [0.25, 0.3) is 0 Å². The summed E-state index contributed by atoms with van der Waals surface area (Å²) in [4.78, 5) is 39.4. The number of nitriles is 1. The molecule has 2 heterocycles. The van der Waals surface area contributed by atoms with Crippen LogP contribution in [-0.2, 0) is 24.4 Å². The molecule has 1 aliphatic rings. The van der Waals surface area contributed by atoms with Crippen LogP contribution in [0, 0.1) is 11.3 Å². The van der Waals surface area contributed by atoms with E-state index >= 15 is 0 Å². The molecular weight excluding hydrogens is 470 g/mol. The number of anilines is 1. The molecule has 0 bridgehead atoms. The Bertz CT molecular complexity index is 1160. The molecule has 174 valence electrons. The number of carbonyl (C=O) groups is 3. The molecule has 3 N–H and O–H groups in total. The molecule has 1 fully saturated rings. The lowest BCUT2D eigenvalue weighted by atomic mass is 10.2. The molecule has 11 nitrogen and oxygen atoms in total. The molecule has 2 aromatic rings. The summed E-state index contributed by atoms with van der Waals surface area (Å²) in [5.74, 6) is -2.33. The van der Waals surface area contributed by atoms with Crippen molar-refractivity contribution in [2.24, 2.45) is 0 Å². The highest BCUT2D eigenvalue weighted by molar-refractivity contribution is 7.91. The molecule has 1 saturated heterocycles. The van der Waals surface area contributed by atoms with E-state index in [-0.39, 0.29) is 29.8 Å². The number of aliphatic carboxylic acids is 1. The first-order valence-electron chi connectivity index (χ1n) is 9.78. The predicted octanol–water partition coefficient (Wildman–Crippen LogP) is -0.184. The van der Waals surface area contributed by atoms with Gasteiger partial charge >= 0.3 is 5.97 Å². The maximum absolute atomic E-state index is 12.5. The van der Waals surface area contributed by atoms with Gasteiger partial charge in [-0.1, -0.05) is 6.07 Å². The summed E-state index contributed by atoms with van der Waals surface area (Å²) >= 11 is 0.939. The molecule has 0 saturated carbocycles. The number of nitrogens with one attached hydrogen (secondary N) is 2. The second kappa shape index (κ2) is 10.4. The second-order valence-corrected chi connectivity index (χ2v) is 10.0. The van der Waals surface area contributed by atoms with Gasteiger partial charge in [0.05, 0.1) is 24.7 Å². The fraction of sp³-hybridized carbons (Fsp3) is 0.300. The fourth-order valence-corrected chi connectivity index (χ4v) is 5.33. The zero-order chi connectivity index (χ0) is 24.0. The van der Waals surface area contributed by atoms with Crippen LogP contribution in [0.1, 0.15) is 5.56 Å². The minimum Gasteiger partial charge on any atom is -0.480 e. The van der Waals surface area contributed by atoms with Gasteiger partial charge in [0, 0.05) is 25.3 Å². The Morgan fingerprint density at radius 3 is 2.52 bits per heavy atom. The van der Waals surface area contributed by atoms with Gasteiger partial charge in [0.2, 0.25) is 11.8 Å². The number of nitrogens with zero attached hydrogens (tertiary/aromatic N) is 3. The second-order valence-electron chi connectivity index (χ2n) is 7.14. The van der Waals surface area contributed by atoms with E-state index in [2.05, 4.69) is 10.0 Å². The van der Waals surface area contributed by atoms with Gasteiger partial charge in [-0.2, -0.15) is 9.98 Å². The number of carbonyl (C=O) groups excluding carboxylic acids is 2. The lowest BCUT2D eigenvalue weighted by Gasteiger charge is -2.35. The Hall–Kier alpha value is -3.47. The van der Waals surface area contributed by atoms with E-state index in [4.69, 9.17) is 5.26 Å². The third kappa shape index (κ3) is 6.28. The average molecular weight is 492 g/mol. The molecule has 0 spiro atoms. The van der Waals surface area contributed by atoms with Gasteiger partial charge in [-0.15, -0.1) is 11.3 Å². The molecule has 1 aromatic carbocycles. The van der Waals surface area contributed by atoms with Gasteiger partial charge in [-0.3, -0.25) is 14.4 Å². The van der Waals surface area contributed by atoms with Crippen molar-refractivity contribution in [2.45, 2.75) is 10.3 Å². The first-order valence-corrected chi connectivity index (χ1v) is 12.1. The maximum Gasteiger partial charge on any atom is 0.323 e. The average Bonchev–Trinajstić information content (AvgIpc) is 3.34. The number of hydrogen-bond acceptors (Lipinski definition) is 8. The third-order valence-electron chi connectivity index (χ3n) is 4.87. The minimum absolute atomic E-state index is 0.0363. The summed E-state index contributed by atoms with van der Waals surface area (Å²) in [6.07, 6.45) is 0. The summed E-state index contributed by atoms with van der Waals surface area (Å²) in [6, 6.07) is 10.1. The van der Waals surface area contributed by atoms with Crippen LogP contribution in [0.5, 0.6) is 0 Å². The van der Waals surface area contributed by atoms with Gasteiger partial charge in [-0.05, 0) is 35.7 Å². The number of sulfonamides is 1. The van der Waals surface area contributed by atoms with Crippen LogP contribution < -0.4 is 14.9 Å². The van der Waals surface area contributed by atoms with Gasteiger partial charge in [-0.25, -0.2) is 8.42 Å². The van der Waals surface area contributed by atoms with Crippen molar-refractivity contribution < 1.29 is 27.9 Å². The number of benzene rings is 1. The first-order chi connectivity index (χ1) is 15.7. The summed E-state index contributed by atoms with van der Waals surface area (Å²) in [5.41, 5.74) is 1.30. The smallest absolute Gasteiger partial charge is 0.323 e. The van der Waals surface area contributed by atoms with E-state index in [0.717, 1.165) is 17.0 Å². The highest BCUT2D eigenvalue weighted by Gasteiger charge is 2.28. The Morgan fingerprint density at radius 1 is 1.21 bits per heavy atom. The largest absolute Gasteiger partial charge is 0.480 e. The monoisotopic (exact) mass is 491 g/mol. The molecule has 2 amide bonds. The summed E-state index contributed by atoms with van der Waals surface area (Å²) < 4.78 is 26.5. The van der Waals surface area contributed by atoms with Gasteiger partial charge in [0.25, 0.3) is 10.0 Å². The number of carboxylic acids is 1. The SMILES string of the molecule is N#Cc1ccc(N2CCN(CC(=O)NCC(NS(=O)(=O)c3cccs3)C(=O)O)C(=O)C2)cc1. The molecule has 1 aromatic heterocycles. The number of piperazine rings is 1. The quantitative estimate of drug-likeness (QED) is 0.435. The first kappa shape index (κ1) is 24.2. The van der Waals surface area contributed by atoms with Crippen molar-refractivity contribution in [3.05, 3.63) is 47.3 Å². The van der Waals surface area contributed by atoms with Gasteiger partial charge in [0.15, 0.2) is 0 Å². The molecule has 1 atom stereocenters. The Morgan fingerprint density at radius 2 is 1.94 bits per heavy atom. The molecule has 13 heteroatoms. The minimum atomic E-state index is -4.03. The third-order valence-corrected chi connectivity index (χ3v) is 7.74. The van der Waals surface area contributed by atoms with Crippen LogP contribution >= 0.6 is 11.3 Å². The molecular formula is C20H21N5O6S2. The molecule has 0 aliphatic carbocycles. The predicted molar refractivity (Wildman–Crippen MR) is 119 cm³/mol. The number of amides is 2. The van der Waals surface area contributed by atoms with Crippen LogP contribution in [-0.4, -0.2) is 75.0 Å². The van der Waals surface area contributed by atoms with Crippen LogP contribution in [0.2, 0.25) is 0 Å². The molecule has 33 heavy (non-hydrogen) atoms. The maximum atomic E-state index is 12.5. The van der Waals surface area contributed by atoms with Crippen molar-refractivity contribution in [3.8, 4) is 6.07 Å². The lowest BCUT2D eigenvalue weighted by Crippen LogP contribution is -2.54. The van der Waals surface area contributed by atoms with Crippen molar-refractivity contribution in [3.63, 3.8) is 0 Å². The number of hydrogen-bond donors (Lipinski definition) is 3. The Kier molecular flexibility index (Phi) is 7.64. The standard InChI is InChI=1S/C20H21N5O6S2/c21-10-14-3-5-15(6-4-14)24-7-8-25(18(27)13-24)12-17(26)22-11-16(20(28)29)23-33(30,31)19-2-1-9-32-19/h1-6,9,16,23H,7-8,11-13H2,(H,22,26)(H,28,29). The topological polar surface area (TPSA) is 160 Å². The van der Waals surface area contributed by atoms with E-state index in [1.54, 1.807) is 29.6 Å². The van der Waals surface area contributed by atoms with Gasteiger partial charge in [0.1, 0.15) is 10.3 Å². The number of carboxylic acid groups (broad SMARTS) is 1. The molecule has 1 aliphatic heterocycles. The highest BCUT2D eigenvalue weighted by atomic mass is 32.2. The zero-order valence-electron chi connectivity index (χ0n) is 17.3. The Balaban J connectivity index is 1.51. The van der Waals surface area contributed by atoms with Crippen molar-refractivity contribution >= 4 is 44.8 Å². The summed E-state index contributed by atoms with van der Waals surface area (Å²) in [6.45, 7) is 0.0582. The summed E-state index contributed by atoms with van der Waals surface area (Å²) in [5, 5.41) is 22.1. The van der Waals surface area contributed by atoms with Gasteiger partial charge < -0.3 is 20.2 Å². The molecule has 3 rings (SSSR count). The van der Waals surface area contributed by atoms with Crippen molar-refractivity contribution in [2.75, 3.05) is 37.6 Å². The van der Waals surface area contributed by atoms with Crippen LogP contribution in [0.15, 0.2) is 46.0 Å². The summed E-state index contributed by atoms with van der Waals surface area (Å²) in [7, 11) is -4.03. The van der Waals surface area contributed by atoms with Crippen molar-refractivity contribution in [1.82, 2.24) is 14.9 Å². The van der Waals surface area contributed by atoms with E-state index in [9.17, 15) is 27.9 Å². The molecule has 0 radical (unpaired) electrons. The van der Waals surface area contributed by atoms with Crippen molar-refractivity contribution in [1.29, 1.82) is 5.26 Å². The lowest BCUT2D eigenvalue weighted by molar-refractivity contribution is -0.139. The fourth-order valence-electron chi connectivity index (χ4n) is 3.13. The van der Waals surface area contributed by atoms with Crippen LogP contribution in [0.4, 0.5) is 5.69 Å². The number of thiophene rings is 1. The molecule has 1 unspecified atom stereocenters. The normalized spacial score (nSPS) is 15.1. The highest BCUT2D eigenvalue weighted by Crippen LogP contribution is 2.18. The van der Waals surface area contributed by atoms with E-state index in [0.29, 0.717) is 12.1 Å². The van der Waals surface area contributed by atoms with E-state index in [1.165, 1.54) is 17.0 Å².